The highest BCUT2D eigenvalue weighted by molar-refractivity contribution is 9.10. The largest absolute Gasteiger partial charge is 0.373 e. The van der Waals surface area contributed by atoms with Crippen LogP contribution in [0.5, 0.6) is 0 Å². The fourth-order valence-electron chi connectivity index (χ4n) is 2.56. The summed E-state index contributed by atoms with van der Waals surface area (Å²) < 4.78 is 33.7. The molecule has 1 heterocycles. The molecule has 2 atom stereocenters. The van der Waals surface area contributed by atoms with E-state index in [0.29, 0.717) is 30.1 Å². The van der Waals surface area contributed by atoms with Crippen LogP contribution in [0.4, 0.5) is 0 Å². The molecule has 1 fully saturated rings. The number of nitrogens with two attached hydrogens (primary N) is 1. The van der Waals surface area contributed by atoms with Gasteiger partial charge in [-0.2, -0.15) is 4.31 Å². The van der Waals surface area contributed by atoms with Gasteiger partial charge in [0, 0.05) is 24.1 Å². The van der Waals surface area contributed by atoms with E-state index in [1.54, 1.807) is 13.0 Å². The van der Waals surface area contributed by atoms with Crippen LogP contribution in [-0.2, 0) is 21.3 Å². The van der Waals surface area contributed by atoms with Gasteiger partial charge in [0.05, 0.1) is 17.1 Å². The third-order valence-electron chi connectivity index (χ3n) is 3.60. The lowest BCUT2D eigenvalue weighted by Gasteiger charge is -2.34. The molecule has 1 saturated heterocycles. The molecule has 0 aliphatic carbocycles. The summed E-state index contributed by atoms with van der Waals surface area (Å²) in [5, 5.41) is 0. The summed E-state index contributed by atoms with van der Waals surface area (Å²) >= 11 is 3.41. The number of sulfonamides is 1. The molecule has 5 nitrogen and oxygen atoms in total. The minimum Gasteiger partial charge on any atom is -0.373 e. The SMILES string of the molecule is Cc1c(Br)cc(CN)cc1S(=O)(=O)N1CC(C)OC(C)C1. The molecule has 0 bridgehead atoms. The van der Waals surface area contributed by atoms with E-state index in [0.717, 1.165) is 10.0 Å². The van der Waals surface area contributed by atoms with Crippen LogP contribution in [0, 0.1) is 6.92 Å². The zero-order chi connectivity index (χ0) is 15.8. The zero-order valence-electron chi connectivity index (χ0n) is 12.5. The Morgan fingerprint density at radius 3 is 2.43 bits per heavy atom. The van der Waals surface area contributed by atoms with Crippen molar-refractivity contribution in [3.8, 4) is 0 Å². The summed E-state index contributed by atoms with van der Waals surface area (Å²) in [5.41, 5.74) is 7.15. The van der Waals surface area contributed by atoms with Gasteiger partial charge >= 0.3 is 0 Å². The molecule has 0 radical (unpaired) electrons. The maximum absolute atomic E-state index is 12.9. The Labute approximate surface area is 134 Å². The van der Waals surface area contributed by atoms with Crippen molar-refractivity contribution in [2.75, 3.05) is 13.1 Å². The zero-order valence-corrected chi connectivity index (χ0v) is 14.9. The Bertz CT molecular complexity index is 623. The van der Waals surface area contributed by atoms with Crippen LogP contribution in [0.2, 0.25) is 0 Å². The Kier molecular flexibility index (Phi) is 5.10. The molecule has 2 rings (SSSR count). The number of hydrogen-bond acceptors (Lipinski definition) is 4. The number of hydrogen-bond donors (Lipinski definition) is 1. The van der Waals surface area contributed by atoms with Gasteiger partial charge in [0.25, 0.3) is 0 Å². The molecule has 1 aromatic rings. The van der Waals surface area contributed by atoms with Crippen LogP contribution < -0.4 is 5.73 Å². The second-order valence-electron chi connectivity index (χ2n) is 5.48. The van der Waals surface area contributed by atoms with Crippen molar-refractivity contribution in [2.45, 2.75) is 44.4 Å². The molecule has 0 spiro atoms. The fourth-order valence-corrected chi connectivity index (χ4v) is 5.09. The predicted molar refractivity (Wildman–Crippen MR) is 85.5 cm³/mol. The summed E-state index contributed by atoms with van der Waals surface area (Å²) in [5.74, 6) is 0. The lowest BCUT2D eigenvalue weighted by Crippen LogP contribution is -2.48. The molecule has 0 saturated carbocycles. The first-order valence-corrected chi connectivity index (χ1v) is 9.13. The smallest absolute Gasteiger partial charge is 0.243 e. The van der Waals surface area contributed by atoms with Crippen molar-refractivity contribution >= 4 is 26.0 Å². The Balaban J connectivity index is 2.46. The van der Waals surface area contributed by atoms with Gasteiger partial charge in [0.2, 0.25) is 10.0 Å². The van der Waals surface area contributed by atoms with E-state index in [4.69, 9.17) is 10.5 Å². The molecule has 21 heavy (non-hydrogen) atoms. The van der Waals surface area contributed by atoms with E-state index in [1.807, 2.05) is 19.9 Å². The number of morpholine rings is 1. The summed E-state index contributed by atoms with van der Waals surface area (Å²) in [4.78, 5) is 0.318. The standard InChI is InChI=1S/C14H21BrN2O3S/c1-9-7-17(8-10(2)20-9)21(18,19)14-5-12(6-16)4-13(15)11(14)3/h4-5,9-10H,6-8,16H2,1-3H3. The average molecular weight is 377 g/mol. The second-order valence-corrected chi connectivity index (χ2v) is 8.24. The molecule has 1 aliphatic heterocycles. The molecule has 1 aliphatic rings. The molecular weight excluding hydrogens is 356 g/mol. The Morgan fingerprint density at radius 2 is 1.90 bits per heavy atom. The number of ether oxygens (including phenoxy) is 1. The van der Waals surface area contributed by atoms with Crippen LogP contribution in [0.15, 0.2) is 21.5 Å². The van der Waals surface area contributed by atoms with Crippen molar-refractivity contribution in [3.63, 3.8) is 0 Å². The first-order valence-electron chi connectivity index (χ1n) is 6.90. The lowest BCUT2D eigenvalue weighted by atomic mass is 10.1. The van der Waals surface area contributed by atoms with E-state index in [1.165, 1.54) is 4.31 Å². The van der Waals surface area contributed by atoms with Gasteiger partial charge in [0.1, 0.15) is 0 Å². The maximum atomic E-state index is 12.9. The van der Waals surface area contributed by atoms with E-state index in [-0.39, 0.29) is 12.2 Å². The third-order valence-corrected chi connectivity index (χ3v) is 6.38. The van der Waals surface area contributed by atoms with Crippen LogP contribution >= 0.6 is 15.9 Å². The van der Waals surface area contributed by atoms with Crippen LogP contribution in [0.1, 0.15) is 25.0 Å². The lowest BCUT2D eigenvalue weighted by molar-refractivity contribution is -0.0440. The van der Waals surface area contributed by atoms with Gasteiger partial charge in [-0.1, -0.05) is 15.9 Å². The van der Waals surface area contributed by atoms with E-state index < -0.39 is 10.0 Å². The summed E-state index contributed by atoms with van der Waals surface area (Å²) in [7, 11) is -3.55. The highest BCUT2D eigenvalue weighted by atomic mass is 79.9. The van der Waals surface area contributed by atoms with Crippen LogP contribution in [0.25, 0.3) is 0 Å². The fraction of sp³-hybridized carbons (Fsp3) is 0.571. The number of nitrogens with zero attached hydrogens (tertiary/aromatic N) is 1. The van der Waals surface area contributed by atoms with E-state index in [9.17, 15) is 8.42 Å². The summed E-state index contributed by atoms with van der Waals surface area (Å²) in [6, 6.07) is 3.53. The number of benzene rings is 1. The molecule has 7 heteroatoms. The first kappa shape index (κ1) is 16.9. The van der Waals surface area contributed by atoms with Crippen molar-refractivity contribution in [1.82, 2.24) is 4.31 Å². The van der Waals surface area contributed by atoms with Gasteiger partial charge < -0.3 is 10.5 Å². The van der Waals surface area contributed by atoms with Gasteiger partial charge in [0.15, 0.2) is 0 Å². The van der Waals surface area contributed by atoms with Gasteiger partial charge in [-0.25, -0.2) is 8.42 Å². The molecule has 2 N–H and O–H groups in total. The molecule has 2 unspecified atom stereocenters. The van der Waals surface area contributed by atoms with Gasteiger partial charge in [-0.3, -0.25) is 0 Å². The van der Waals surface area contributed by atoms with Crippen molar-refractivity contribution in [2.24, 2.45) is 5.73 Å². The van der Waals surface area contributed by atoms with Crippen molar-refractivity contribution in [3.05, 3.63) is 27.7 Å². The number of rotatable bonds is 3. The quantitative estimate of drug-likeness (QED) is 0.875. The Morgan fingerprint density at radius 1 is 1.33 bits per heavy atom. The second kappa shape index (κ2) is 6.34. The minimum absolute atomic E-state index is 0.107. The molecule has 118 valence electrons. The van der Waals surface area contributed by atoms with Crippen LogP contribution in [0.3, 0.4) is 0 Å². The van der Waals surface area contributed by atoms with Crippen molar-refractivity contribution < 1.29 is 13.2 Å². The molecule has 1 aromatic carbocycles. The molecule has 0 aromatic heterocycles. The monoisotopic (exact) mass is 376 g/mol. The normalized spacial score (nSPS) is 24.2. The highest BCUT2D eigenvalue weighted by Crippen LogP contribution is 2.29. The minimum atomic E-state index is -3.55. The number of halogens is 1. The summed E-state index contributed by atoms with van der Waals surface area (Å²) in [6.07, 6.45) is -0.213. The average Bonchev–Trinajstić information content (AvgIpc) is 2.40. The molecule has 0 amide bonds. The topological polar surface area (TPSA) is 72.6 Å². The molecular formula is C14H21BrN2O3S. The van der Waals surface area contributed by atoms with Crippen molar-refractivity contribution in [1.29, 1.82) is 0 Å². The van der Waals surface area contributed by atoms with E-state index in [2.05, 4.69) is 15.9 Å². The van der Waals surface area contributed by atoms with Crippen LogP contribution in [-0.4, -0.2) is 38.0 Å². The van der Waals surface area contributed by atoms with Gasteiger partial charge in [-0.15, -0.1) is 0 Å². The highest BCUT2D eigenvalue weighted by Gasteiger charge is 2.33. The van der Waals surface area contributed by atoms with E-state index >= 15 is 0 Å². The first-order chi connectivity index (χ1) is 9.75. The predicted octanol–water partition coefficient (Wildman–Crippen LogP) is 2.01. The maximum Gasteiger partial charge on any atom is 0.243 e. The Hall–Kier alpha value is -0.470. The summed E-state index contributed by atoms with van der Waals surface area (Å²) in [6.45, 7) is 6.61. The van der Waals surface area contributed by atoms with Gasteiger partial charge in [-0.05, 0) is 44.0 Å². The third kappa shape index (κ3) is 3.48.